The fourth-order valence-corrected chi connectivity index (χ4v) is 7.25. The monoisotopic (exact) mass is 674 g/mol. The molecule has 1 saturated heterocycles. The van der Waals surface area contributed by atoms with E-state index in [-0.39, 0.29) is 29.2 Å². The van der Waals surface area contributed by atoms with Crippen LogP contribution in [0.4, 0.5) is 4.79 Å². The molecule has 0 bridgehead atoms. The fourth-order valence-electron chi connectivity index (χ4n) is 6.08. The quantitative estimate of drug-likeness (QED) is 0.219. The number of carbonyl (C=O) groups is 6. The molecule has 0 spiro atoms. The topological polar surface area (TPSA) is 205 Å². The van der Waals surface area contributed by atoms with E-state index in [2.05, 4.69) is 16.0 Å². The summed E-state index contributed by atoms with van der Waals surface area (Å²) in [4.78, 5) is 79.9. The van der Waals surface area contributed by atoms with Crippen LogP contribution in [0, 0.1) is 29.1 Å². The van der Waals surface area contributed by atoms with Gasteiger partial charge in [-0.1, -0.05) is 65.7 Å². The van der Waals surface area contributed by atoms with E-state index in [0.29, 0.717) is 10.7 Å². The van der Waals surface area contributed by atoms with E-state index in [1.807, 2.05) is 0 Å². The van der Waals surface area contributed by atoms with E-state index in [1.54, 1.807) is 40.7 Å². The summed E-state index contributed by atoms with van der Waals surface area (Å²) in [6.07, 6.45) is 2.80. The highest BCUT2D eigenvalue weighted by Crippen LogP contribution is 2.50. The SMILES string of the molecule is CC(C)[C@H](NC(=O)N[C@H](C(=O)N1C[C@@H]2C[C@@H]2[C@H]1C(=O)NC(CC1CC1)C(=O)C(N)=O)C(C)(C)C)C(=O)N(C)S(=O)(=O)c1ccccc1. The summed E-state index contributed by atoms with van der Waals surface area (Å²) in [6.45, 7) is 8.80. The van der Waals surface area contributed by atoms with Crippen LogP contribution in [-0.4, -0.2) is 90.8 Å². The van der Waals surface area contributed by atoms with Crippen molar-refractivity contribution in [1.82, 2.24) is 25.2 Å². The Balaban J connectivity index is 1.48. The Hall–Kier alpha value is -4.01. The van der Waals surface area contributed by atoms with Crippen molar-refractivity contribution in [2.75, 3.05) is 13.6 Å². The molecule has 3 aliphatic rings. The molecule has 2 saturated carbocycles. The maximum Gasteiger partial charge on any atom is 0.316 e. The number of rotatable bonds is 13. The van der Waals surface area contributed by atoms with Gasteiger partial charge in [0, 0.05) is 13.6 Å². The summed E-state index contributed by atoms with van der Waals surface area (Å²) < 4.78 is 26.8. The van der Waals surface area contributed by atoms with Crippen molar-refractivity contribution in [2.45, 2.75) is 89.4 Å². The van der Waals surface area contributed by atoms with Gasteiger partial charge in [0.25, 0.3) is 21.8 Å². The predicted octanol–water partition coefficient (Wildman–Crippen LogP) is 0.758. The molecule has 5 N–H and O–H groups in total. The second-order valence-corrected chi connectivity index (χ2v) is 16.3. The van der Waals surface area contributed by atoms with Crippen molar-refractivity contribution in [3.63, 3.8) is 0 Å². The average Bonchev–Trinajstić information content (AvgIpc) is 3.94. The van der Waals surface area contributed by atoms with Crippen LogP contribution in [0.5, 0.6) is 0 Å². The van der Waals surface area contributed by atoms with E-state index in [0.717, 1.165) is 26.3 Å². The Kier molecular flexibility index (Phi) is 10.4. The number of urea groups is 1. The molecule has 1 unspecified atom stereocenters. The first-order valence-electron chi connectivity index (χ1n) is 15.9. The first-order valence-corrected chi connectivity index (χ1v) is 17.4. The molecule has 6 atom stereocenters. The molecule has 0 radical (unpaired) electrons. The molecule has 1 aromatic carbocycles. The third kappa shape index (κ3) is 8.11. The molecule has 47 heavy (non-hydrogen) atoms. The van der Waals surface area contributed by atoms with Gasteiger partial charge in [-0.2, -0.15) is 0 Å². The van der Waals surface area contributed by atoms with Crippen molar-refractivity contribution < 1.29 is 37.2 Å². The van der Waals surface area contributed by atoms with Gasteiger partial charge in [0.1, 0.15) is 18.1 Å². The molecule has 4 rings (SSSR count). The summed E-state index contributed by atoms with van der Waals surface area (Å²) in [5, 5.41) is 7.91. The number of likely N-dealkylation sites (tertiary alicyclic amines) is 1. The molecule has 1 heterocycles. The van der Waals surface area contributed by atoms with Crippen molar-refractivity contribution >= 4 is 45.5 Å². The van der Waals surface area contributed by atoms with Crippen LogP contribution in [-0.2, 0) is 34.0 Å². The Morgan fingerprint density at radius 2 is 1.62 bits per heavy atom. The van der Waals surface area contributed by atoms with Crippen LogP contribution in [0.2, 0.25) is 0 Å². The van der Waals surface area contributed by atoms with Crippen LogP contribution in [0.3, 0.4) is 0 Å². The molecule has 1 aliphatic heterocycles. The zero-order valence-electron chi connectivity index (χ0n) is 27.7. The molecule has 3 fully saturated rings. The number of piperidine rings is 1. The minimum absolute atomic E-state index is 0.0821. The van der Waals surface area contributed by atoms with Crippen molar-refractivity contribution in [3.05, 3.63) is 30.3 Å². The van der Waals surface area contributed by atoms with Crippen molar-refractivity contribution in [2.24, 2.45) is 34.8 Å². The Morgan fingerprint density at radius 1 is 1.00 bits per heavy atom. The Bertz CT molecular complexity index is 1520. The number of carbonyl (C=O) groups excluding carboxylic acids is 6. The summed E-state index contributed by atoms with van der Waals surface area (Å²) >= 11 is 0. The first kappa shape index (κ1) is 35.8. The minimum atomic E-state index is -4.19. The molecule has 0 aromatic heterocycles. The van der Waals surface area contributed by atoms with Gasteiger partial charge in [-0.25, -0.2) is 17.5 Å². The fraction of sp³-hybridized carbons (Fsp3) is 0.625. The third-order valence-corrected chi connectivity index (χ3v) is 10.9. The molecule has 15 heteroatoms. The Labute approximate surface area is 275 Å². The lowest BCUT2D eigenvalue weighted by Crippen LogP contribution is -2.62. The van der Waals surface area contributed by atoms with E-state index < -0.39 is 81.0 Å². The highest BCUT2D eigenvalue weighted by Gasteiger charge is 2.58. The number of likely N-dealkylation sites (N-methyl/N-ethyl adjacent to an activating group) is 1. The molecule has 6 amide bonds. The smallest absolute Gasteiger partial charge is 0.316 e. The highest BCUT2D eigenvalue weighted by atomic mass is 32.2. The molecule has 1 aromatic rings. The first-order chi connectivity index (χ1) is 21.8. The summed E-state index contributed by atoms with van der Waals surface area (Å²) in [5.41, 5.74) is 4.40. The number of sulfonamides is 1. The lowest BCUT2D eigenvalue weighted by atomic mass is 9.85. The number of hydrogen-bond acceptors (Lipinski definition) is 8. The van der Waals surface area contributed by atoms with Crippen molar-refractivity contribution in [1.29, 1.82) is 0 Å². The van der Waals surface area contributed by atoms with Crippen LogP contribution in [0.15, 0.2) is 35.2 Å². The maximum atomic E-state index is 14.1. The predicted molar refractivity (Wildman–Crippen MR) is 171 cm³/mol. The van der Waals surface area contributed by atoms with Gasteiger partial charge in [-0.3, -0.25) is 24.0 Å². The van der Waals surface area contributed by atoms with Gasteiger partial charge in [0.2, 0.25) is 17.6 Å². The number of nitrogens with zero attached hydrogens (tertiary/aromatic N) is 2. The molecule has 258 valence electrons. The molecular weight excluding hydrogens is 628 g/mol. The number of hydrogen-bond donors (Lipinski definition) is 4. The lowest BCUT2D eigenvalue weighted by molar-refractivity contribution is -0.144. The van der Waals surface area contributed by atoms with E-state index >= 15 is 0 Å². The van der Waals surface area contributed by atoms with Crippen LogP contribution in [0.1, 0.15) is 60.3 Å². The largest absolute Gasteiger partial charge is 0.363 e. The highest BCUT2D eigenvalue weighted by molar-refractivity contribution is 7.89. The number of Topliss-reactive ketones (excluding diaryl/α,β-unsaturated/α-hetero) is 1. The number of primary amides is 1. The lowest BCUT2D eigenvalue weighted by Gasteiger charge is -2.37. The number of nitrogens with two attached hydrogens (primary N) is 1. The van der Waals surface area contributed by atoms with Gasteiger partial charge in [-0.15, -0.1) is 0 Å². The standard InChI is InChI=1S/C32H46N6O8S/c1-17(2)23(29(42)37(6)47(45,46)20-10-8-7-9-11-20)35-31(44)36-26(32(3,4)5)30(43)38-16-19-15-21(19)24(38)28(41)34-22(14-18-12-13-18)25(39)27(33)40/h7-11,17-19,21-24,26H,12-16H2,1-6H3,(H2,33,40)(H,34,41)(H2,35,36,44)/t19-,21-,22?,23-,24-,26+/m0/s1. The van der Waals surface area contributed by atoms with Crippen LogP contribution < -0.4 is 21.7 Å². The van der Waals surface area contributed by atoms with E-state index in [9.17, 15) is 37.2 Å². The number of benzene rings is 1. The van der Waals surface area contributed by atoms with Gasteiger partial charge in [-0.05, 0) is 54.1 Å². The molecular formula is C32H46N6O8S. The molecule has 2 aliphatic carbocycles. The minimum Gasteiger partial charge on any atom is -0.363 e. The zero-order valence-corrected chi connectivity index (χ0v) is 28.5. The number of nitrogens with one attached hydrogen (secondary N) is 3. The van der Waals surface area contributed by atoms with Gasteiger partial charge >= 0.3 is 6.03 Å². The number of fused-ring (bicyclic) bond motifs is 1. The van der Waals surface area contributed by atoms with Gasteiger partial charge in [0.05, 0.1) is 10.9 Å². The average molecular weight is 675 g/mol. The molecule has 14 nitrogen and oxygen atoms in total. The summed E-state index contributed by atoms with van der Waals surface area (Å²) in [6, 6.07) is 2.22. The Morgan fingerprint density at radius 3 is 2.15 bits per heavy atom. The second-order valence-electron chi connectivity index (χ2n) is 14.3. The van der Waals surface area contributed by atoms with Crippen LogP contribution in [0.25, 0.3) is 0 Å². The van der Waals surface area contributed by atoms with E-state index in [4.69, 9.17) is 5.73 Å². The van der Waals surface area contributed by atoms with Gasteiger partial charge in [0.15, 0.2) is 0 Å². The van der Waals surface area contributed by atoms with E-state index in [1.165, 1.54) is 29.2 Å². The maximum absolute atomic E-state index is 14.1. The number of amides is 6. The van der Waals surface area contributed by atoms with Gasteiger partial charge < -0.3 is 26.6 Å². The van der Waals surface area contributed by atoms with Crippen LogP contribution >= 0.6 is 0 Å². The normalized spacial score (nSPS) is 22.4. The summed E-state index contributed by atoms with van der Waals surface area (Å²) in [7, 11) is -3.07. The summed E-state index contributed by atoms with van der Waals surface area (Å²) in [5.74, 6) is -4.28. The third-order valence-electron chi connectivity index (χ3n) is 9.16. The zero-order chi connectivity index (χ0) is 35.0. The second kappa shape index (κ2) is 13.6. The number of ketones is 1. The van der Waals surface area contributed by atoms with Crippen molar-refractivity contribution in [3.8, 4) is 0 Å².